The van der Waals surface area contributed by atoms with Gasteiger partial charge in [0.15, 0.2) is 6.61 Å². The second kappa shape index (κ2) is 4.93. The van der Waals surface area contributed by atoms with Gasteiger partial charge in [-0.3, -0.25) is 0 Å². The van der Waals surface area contributed by atoms with Crippen molar-refractivity contribution < 1.29 is 14.6 Å². The average molecular weight is 190 g/mol. The van der Waals surface area contributed by atoms with E-state index in [0.29, 0.717) is 5.56 Å². The lowest BCUT2D eigenvalue weighted by Crippen LogP contribution is -2.04. The van der Waals surface area contributed by atoms with Crippen molar-refractivity contribution in [2.24, 2.45) is 0 Å². The number of aromatic hydroxyl groups is 1. The molecule has 72 valence electrons. The van der Waals surface area contributed by atoms with Gasteiger partial charge in [0.1, 0.15) is 5.75 Å². The minimum Gasteiger partial charge on any atom is -0.508 e. The van der Waals surface area contributed by atoms with Gasteiger partial charge in [0.25, 0.3) is 0 Å². The van der Waals surface area contributed by atoms with Crippen molar-refractivity contribution in [1.29, 1.82) is 0 Å². The van der Waals surface area contributed by atoms with Crippen LogP contribution >= 0.6 is 0 Å². The van der Waals surface area contributed by atoms with E-state index in [-0.39, 0.29) is 12.4 Å². The van der Waals surface area contributed by atoms with Crippen molar-refractivity contribution in [3.8, 4) is 17.6 Å². The molecule has 1 aromatic rings. The molecule has 14 heavy (non-hydrogen) atoms. The fraction of sp³-hybridized carbons (Fsp3) is 0.182. The number of phenols is 1. The van der Waals surface area contributed by atoms with E-state index in [9.17, 15) is 4.79 Å². The molecule has 0 fully saturated rings. The lowest BCUT2D eigenvalue weighted by Gasteiger charge is -2.00. The second-order valence-electron chi connectivity index (χ2n) is 2.55. The van der Waals surface area contributed by atoms with E-state index >= 15 is 0 Å². The summed E-state index contributed by atoms with van der Waals surface area (Å²) in [4.78, 5) is 11.3. The Balaban J connectivity index is 2.63. The molecule has 0 atom stereocenters. The first-order chi connectivity index (χ1) is 6.74. The molecule has 1 aromatic carbocycles. The lowest BCUT2D eigenvalue weighted by molar-refractivity contribution is 0.0556. The maximum Gasteiger partial charge on any atom is 0.339 e. The molecule has 0 spiro atoms. The van der Waals surface area contributed by atoms with Gasteiger partial charge in [-0.05, 0) is 25.1 Å². The monoisotopic (exact) mass is 190 g/mol. The summed E-state index contributed by atoms with van der Waals surface area (Å²) in [5.74, 6) is 4.78. The van der Waals surface area contributed by atoms with Gasteiger partial charge in [-0.25, -0.2) is 4.79 Å². The van der Waals surface area contributed by atoms with E-state index in [0.717, 1.165) is 0 Å². The van der Waals surface area contributed by atoms with Crippen LogP contribution in [0.1, 0.15) is 17.3 Å². The largest absolute Gasteiger partial charge is 0.508 e. The zero-order valence-electron chi connectivity index (χ0n) is 7.78. The molecule has 0 aliphatic heterocycles. The summed E-state index contributed by atoms with van der Waals surface area (Å²) in [6.45, 7) is 1.74. The molecule has 0 aromatic heterocycles. The van der Waals surface area contributed by atoms with Crippen molar-refractivity contribution in [1.82, 2.24) is 0 Å². The van der Waals surface area contributed by atoms with E-state index in [1.165, 1.54) is 12.1 Å². The topological polar surface area (TPSA) is 46.5 Å². The van der Waals surface area contributed by atoms with Gasteiger partial charge in [-0.1, -0.05) is 12.0 Å². The summed E-state index contributed by atoms with van der Waals surface area (Å²) in [7, 11) is 0. The predicted molar refractivity (Wildman–Crippen MR) is 51.8 cm³/mol. The Kier molecular flexibility index (Phi) is 3.57. The minimum atomic E-state index is -0.483. The number of benzene rings is 1. The number of ether oxygens (including phenoxy) is 1. The number of carbonyl (C=O) groups is 1. The van der Waals surface area contributed by atoms with Gasteiger partial charge in [-0.15, -0.1) is 5.92 Å². The van der Waals surface area contributed by atoms with E-state index in [4.69, 9.17) is 9.84 Å². The average Bonchev–Trinajstić information content (AvgIpc) is 2.18. The van der Waals surface area contributed by atoms with E-state index in [2.05, 4.69) is 11.8 Å². The molecule has 0 unspecified atom stereocenters. The van der Waals surface area contributed by atoms with Gasteiger partial charge in [0, 0.05) is 0 Å². The number of carbonyl (C=O) groups excluding carboxylic acids is 1. The van der Waals surface area contributed by atoms with Crippen LogP contribution in [-0.2, 0) is 4.74 Å². The van der Waals surface area contributed by atoms with Crippen LogP contribution in [0.15, 0.2) is 24.3 Å². The van der Waals surface area contributed by atoms with Gasteiger partial charge < -0.3 is 9.84 Å². The van der Waals surface area contributed by atoms with Crippen LogP contribution in [0.3, 0.4) is 0 Å². The van der Waals surface area contributed by atoms with Crippen molar-refractivity contribution in [2.45, 2.75) is 6.92 Å². The Morgan fingerprint density at radius 2 is 2.36 bits per heavy atom. The van der Waals surface area contributed by atoms with Crippen LogP contribution in [-0.4, -0.2) is 17.7 Å². The van der Waals surface area contributed by atoms with Crippen LogP contribution in [0, 0.1) is 11.8 Å². The molecule has 0 radical (unpaired) electrons. The smallest absolute Gasteiger partial charge is 0.339 e. The molecule has 0 saturated carbocycles. The van der Waals surface area contributed by atoms with E-state index in [1.807, 2.05) is 0 Å². The molecule has 1 N–H and O–H groups in total. The highest BCUT2D eigenvalue weighted by Crippen LogP contribution is 2.11. The maximum atomic E-state index is 11.3. The zero-order chi connectivity index (χ0) is 10.4. The lowest BCUT2D eigenvalue weighted by atomic mass is 10.2. The number of phenolic OH excluding ortho intramolecular Hbond substituents is 1. The second-order valence-corrected chi connectivity index (χ2v) is 2.55. The normalized spacial score (nSPS) is 8.64. The predicted octanol–water partition coefficient (Wildman–Crippen LogP) is 1.57. The van der Waals surface area contributed by atoms with Crippen molar-refractivity contribution in [3.63, 3.8) is 0 Å². The van der Waals surface area contributed by atoms with Crippen molar-refractivity contribution in [3.05, 3.63) is 29.8 Å². The van der Waals surface area contributed by atoms with E-state index < -0.39 is 5.97 Å². The summed E-state index contributed by atoms with van der Waals surface area (Å²) in [6, 6.07) is 5.99. The molecule has 0 heterocycles. The summed E-state index contributed by atoms with van der Waals surface area (Å²) in [6.07, 6.45) is 0. The van der Waals surface area contributed by atoms with Crippen LogP contribution < -0.4 is 0 Å². The Bertz CT molecular complexity index is 385. The third kappa shape index (κ3) is 2.83. The summed E-state index contributed by atoms with van der Waals surface area (Å²) < 4.78 is 4.80. The number of hydrogen-bond acceptors (Lipinski definition) is 3. The molecule has 0 aliphatic carbocycles. The number of esters is 1. The molecule has 3 heteroatoms. The Morgan fingerprint density at radius 1 is 1.57 bits per heavy atom. The highest BCUT2D eigenvalue weighted by Gasteiger charge is 2.05. The minimum absolute atomic E-state index is 0.0426. The van der Waals surface area contributed by atoms with Crippen LogP contribution in [0.4, 0.5) is 0 Å². The molecule has 0 amide bonds. The SMILES string of the molecule is CC#CCOC(=O)c1cccc(O)c1. The maximum absolute atomic E-state index is 11.3. The van der Waals surface area contributed by atoms with Crippen molar-refractivity contribution >= 4 is 5.97 Å². The molecule has 0 saturated heterocycles. The first kappa shape index (κ1) is 10.1. The van der Waals surface area contributed by atoms with Gasteiger partial charge in [0.05, 0.1) is 5.56 Å². The molecule has 1 rings (SSSR count). The first-order valence-corrected chi connectivity index (χ1v) is 4.10. The Hall–Kier alpha value is -1.95. The Labute approximate surface area is 82.3 Å². The zero-order valence-corrected chi connectivity index (χ0v) is 7.78. The third-order valence-corrected chi connectivity index (χ3v) is 1.53. The van der Waals surface area contributed by atoms with Gasteiger partial charge in [-0.2, -0.15) is 0 Å². The molecule has 0 aliphatic rings. The fourth-order valence-corrected chi connectivity index (χ4v) is 0.890. The highest BCUT2D eigenvalue weighted by atomic mass is 16.5. The standard InChI is InChI=1S/C11H10O3/c1-2-3-7-14-11(13)9-5-4-6-10(12)8-9/h4-6,8,12H,7H2,1H3. The summed E-state index contributed by atoms with van der Waals surface area (Å²) >= 11 is 0. The quantitative estimate of drug-likeness (QED) is 0.568. The van der Waals surface area contributed by atoms with E-state index in [1.54, 1.807) is 19.1 Å². The van der Waals surface area contributed by atoms with Crippen molar-refractivity contribution in [2.75, 3.05) is 6.61 Å². The summed E-state index contributed by atoms with van der Waals surface area (Å²) in [5, 5.41) is 9.10. The molecular formula is C11H10O3. The highest BCUT2D eigenvalue weighted by molar-refractivity contribution is 5.89. The van der Waals surface area contributed by atoms with Crippen LogP contribution in [0.5, 0.6) is 5.75 Å². The molecular weight excluding hydrogens is 180 g/mol. The summed E-state index contributed by atoms with van der Waals surface area (Å²) in [5.41, 5.74) is 0.322. The third-order valence-electron chi connectivity index (χ3n) is 1.53. The Morgan fingerprint density at radius 3 is 3.00 bits per heavy atom. The number of rotatable bonds is 2. The van der Waals surface area contributed by atoms with Crippen LogP contribution in [0.2, 0.25) is 0 Å². The fourth-order valence-electron chi connectivity index (χ4n) is 0.890. The number of hydrogen-bond donors (Lipinski definition) is 1. The molecule has 3 nitrogen and oxygen atoms in total. The van der Waals surface area contributed by atoms with Gasteiger partial charge in [0.2, 0.25) is 0 Å². The van der Waals surface area contributed by atoms with Gasteiger partial charge >= 0.3 is 5.97 Å². The first-order valence-electron chi connectivity index (χ1n) is 4.10. The van der Waals surface area contributed by atoms with Crippen LogP contribution in [0.25, 0.3) is 0 Å². The molecule has 0 bridgehead atoms.